The van der Waals surface area contributed by atoms with E-state index < -0.39 is 0 Å². The molecule has 2 heterocycles. The van der Waals surface area contributed by atoms with E-state index in [4.69, 9.17) is 0 Å². The Hall–Kier alpha value is -1.88. The number of pyridine rings is 1. The van der Waals surface area contributed by atoms with Crippen LogP contribution in [-0.2, 0) is 6.42 Å². The van der Waals surface area contributed by atoms with Crippen molar-refractivity contribution in [3.63, 3.8) is 0 Å². The number of hydrogen-bond donors (Lipinski definition) is 2. The minimum atomic E-state index is -0.0544. The highest BCUT2D eigenvalue weighted by Gasteiger charge is 2.10. The molecule has 2 rings (SSSR count). The van der Waals surface area contributed by atoms with E-state index >= 15 is 0 Å². The predicted octanol–water partition coefficient (Wildman–Crippen LogP) is 2.94. The quantitative estimate of drug-likeness (QED) is 0.824. The lowest BCUT2D eigenvalue weighted by Crippen LogP contribution is -2.26. The minimum absolute atomic E-state index is 0.0544. The summed E-state index contributed by atoms with van der Waals surface area (Å²) in [6, 6.07) is 3.83. The summed E-state index contributed by atoms with van der Waals surface area (Å²) >= 11 is 1.68. The monoisotopic (exact) mass is 289 g/mol. The number of hydrogen-bond acceptors (Lipinski definition) is 4. The van der Waals surface area contributed by atoms with Gasteiger partial charge < -0.3 is 10.6 Å². The zero-order valence-electron chi connectivity index (χ0n) is 11.6. The van der Waals surface area contributed by atoms with Crippen LogP contribution in [0.1, 0.15) is 29.3 Å². The summed E-state index contributed by atoms with van der Waals surface area (Å²) in [6.07, 6.45) is 5.21. The maximum absolute atomic E-state index is 12.2. The molecule has 0 aliphatic carbocycles. The first-order valence-corrected chi connectivity index (χ1v) is 7.72. The average Bonchev–Trinajstić information content (AvgIpc) is 2.98. The summed E-state index contributed by atoms with van der Waals surface area (Å²) in [5, 5.41) is 10.3. The van der Waals surface area contributed by atoms with Crippen molar-refractivity contribution in [3.05, 3.63) is 46.4 Å². The molecule has 5 heteroatoms. The molecular formula is C15H19N3OS. The third kappa shape index (κ3) is 4.06. The first kappa shape index (κ1) is 14.5. The maximum Gasteiger partial charge on any atom is 0.253 e. The number of aromatic nitrogens is 1. The molecule has 0 atom stereocenters. The van der Waals surface area contributed by atoms with Gasteiger partial charge in [-0.05, 0) is 41.3 Å². The highest BCUT2D eigenvalue weighted by molar-refractivity contribution is 7.07. The van der Waals surface area contributed by atoms with Crippen molar-refractivity contribution in [2.24, 2.45) is 0 Å². The molecule has 2 aromatic rings. The van der Waals surface area contributed by atoms with Crippen LogP contribution in [0.25, 0.3) is 0 Å². The van der Waals surface area contributed by atoms with E-state index in [0.717, 1.165) is 25.1 Å². The van der Waals surface area contributed by atoms with Gasteiger partial charge in [0, 0.05) is 19.3 Å². The molecule has 0 unspecified atom stereocenters. The molecule has 0 fully saturated rings. The fraction of sp³-hybridized carbons (Fsp3) is 0.333. The van der Waals surface area contributed by atoms with Crippen LogP contribution in [0, 0.1) is 0 Å². The second-order valence-corrected chi connectivity index (χ2v) is 5.27. The van der Waals surface area contributed by atoms with Gasteiger partial charge in [0.1, 0.15) is 0 Å². The normalized spacial score (nSPS) is 10.2. The second-order valence-electron chi connectivity index (χ2n) is 4.49. The summed E-state index contributed by atoms with van der Waals surface area (Å²) in [5.41, 5.74) is 2.70. The Bertz CT molecular complexity index is 540. The average molecular weight is 289 g/mol. The van der Waals surface area contributed by atoms with Gasteiger partial charge >= 0.3 is 0 Å². The van der Waals surface area contributed by atoms with Crippen molar-refractivity contribution in [1.29, 1.82) is 0 Å². The van der Waals surface area contributed by atoms with Gasteiger partial charge in [-0.25, -0.2) is 0 Å². The summed E-state index contributed by atoms with van der Waals surface area (Å²) in [6.45, 7) is 3.57. The molecule has 0 saturated heterocycles. The lowest BCUT2D eigenvalue weighted by Gasteiger charge is -2.10. The van der Waals surface area contributed by atoms with Gasteiger partial charge in [0.25, 0.3) is 5.91 Å². The van der Waals surface area contributed by atoms with E-state index in [1.165, 1.54) is 5.56 Å². The summed E-state index contributed by atoms with van der Waals surface area (Å²) in [5.74, 6) is -0.0544. The highest BCUT2D eigenvalue weighted by atomic mass is 32.1. The van der Waals surface area contributed by atoms with Crippen molar-refractivity contribution in [2.75, 3.05) is 18.4 Å². The Kier molecular flexibility index (Phi) is 5.55. The minimum Gasteiger partial charge on any atom is -0.383 e. The van der Waals surface area contributed by atoms with Crippen molar-refractivity contribution in [1.82, 2.24) is 10.3 Å². The highest BCUT2D eigenvalue weighted by Crippen LogP contribution is 2.13. The fourth-order valence-electron chi connectivity index (χ4n) is 1.84. The largest absolute Gasteiger partial charge is 0.383 e. The van der Waals surface area contributed by atoms with Gasteiger partial charge in [0.15, 0.2) is 0 Å². The topological polar surface area (TPSA) is 54.0 Å². The summed E-state index contributed by atoms with van der Waals surface area (Å²) < 4.78 is 0. The molecule has 20 heavy (non-hydrogen) atoms. The first-order chi connectivity index (χ1) is 9.81. The van der Waals surface area contributed by atoms with E-state index in [1.54, 1.807) is 29.8 Å². The van der Waals surface area contributed by atoms with Gasteiger partial charge in [0.2, 0.25) is 0 Å². The van der Waals surface area contributed by atoms with E-state index in [1.807, 2.05) is 5.38 Å². The molecule has 0 aliphatic heterocycles. The smallest absolute Gasteiger partial charge is 0.253 e. The summed E-state index contributed by atoms with van der Waals surface area (Å²) in [4.78, 5) is 16.2. The van der Waals surface area contributed by atoms with Crippen molar-refractivity contribution >= 4 is 22.9 Å². The van der Waals surface area contributed by atoms with Crippen LogP contribution < -0.4 is 10.6 Å². The molecule has 2 N–H and O–H groups in total. The van der Waals surface area contributed by atoms with Gasteiger partial charge in [-0.2, -0.15) is 11.3 Å². The number of carbonyl (C=O) groups excluding carboxylic acids is 1. The van der Waals surface area contributed by atoms with Crippen molar-refractivity contribution < 1.29 is 4.79 Å². The molecule has 0 saturated carbocycles. The Morgan fingerprint density at radius 1 is 1.35 bits per heavy atom. The number of amides is 1. The molecular weight excluding hydrogens is 270 g/mol. The predicted molar refractivity (Wildman–Crippen MR) is 83.4 cm³/mol. The van der Waals surface area contributed by atoms with E-state index in [2.05, 4.69) is 34.0 Å². The second kappa shape index (κ2) is 7.65. The number of rotatable bonds is 7. The number of carbonyl (C=O) groups is 1. The van der Waals surface area contributed by atoms with Crippen LogP contribution in [-0.4, -0.2) is 24.0 Å². The van der Waals surface area contributed by atoms with Crippen molar-refractivity contribution in [3.8, 4) is 0 Å². The van der Waals surface area contributed by atoms with Crippen LogP contribution in [0.4, 0.5) is 5.69 Å². The van der Waals surface area contributed by atoms with Crippen LogP contribution in [0.2, 0.25) is 0 Å². The molecule has 4 nitrogen and oxygen atoms in total. The Morgan fingerprint density at radius 3 is 3.00 bits per heavy atom. The number of thiophene rings is 1. The van der Waals surface area contributed by atoms with Gasteiger partial charge in [-0.3, -0.25) is 9.78 Å². The zero-order valence-corrected chi connectivity index (χ0v) is 12.4. The SMILES string of the molecule is CCCNc1cnccc1C(=O)NCCc1ccsc1. The molecule has 0 aromatic carbocycles. The third-order valence-corrected chi connectivity index (χ3v) is 3.64. The van der Waals surface area contributed by atoms with E-state index in [-0.39, 0.29) is 5.91 Å². The molecule has 1 amide bonds. The molecule has 0 bridgehead atoms. The fourth-order valence-corrected chi connectivity index (χ4v) is 2.55. The van der Waals surface area contributed by atoms with Gasteiger partial charge in [0.05, 0.1) is 17.4 Å². The first-order valence-electron chi connectivity index (χ1n) is 6.78. The lowest BCUT2D eigenvalue weighted by atomic mass is 10.2. The molecule has 106 valence electrons. The Morgan fingerprint density at radius 2 is 2.25 bits per heavy atom. The lowest BCUT2D eigenvalue weighted by molar-refractivity contribution is 0.0955. The van der Waals surface area contributed by atoms with Crippen molar-refractivity contribution in [2.45, 2.75) is 19.8 Å². The zero-order chi connectivity index (χ0) is 14.2. The van der Waals surface area contributed by atoms with E-state index in [9.17, 15) is 4.79 Å². The molecule has 0 spiro atoms. The standard InChI is InChI=1S/C15H19N3OS/c1-2-6-17-14-10-16-7-4-13(14)15(19)18-8-3-12-5-9-20-11-12/h4-5,7,9-11,17H,2-3,6,8H2,1H3,(H,18,19). The number of anilines is 1. The Labute approximate surface area is 123 Å². The van der Waals surface area contributed by atoms with Gasteiger partial charge in [-0.15, -0.1) is 0 Å². The molecule has 2 aromatic heterocycles. The van der Waals surface area contributed by atoms with E-state index in [0.29, 0.717) is 12.1 Å². The number of nitrogens with zero attached hydrogens (tertiary/aromatic N) is 1. The van der Waals surface area contributed by atoms with Crippen LogP contribution in [0.5, 0.6) is 0 Å². The van der Waals surface area contributed by atoms with Crippen LogP contribution >= 0.6 is 11.3 Å². The maximum atomic E-state index is 12.2. The third-order valence-electron chi connectivity index (χ3n) is 2.91. The van der Waals surface area contributed by atoms with Gasteiger partial charge in [-0.1, -0.05) is 6.92 Å². The van der Waals surface area contributed by atoms with Crippen LogP contribution in [0.15, 0.2) is 35.3 Å². The molecule has 0 aliphatic rings. The Balaban J connectivity index is 1.91. The summed E-state index contributed by atoms with van der Waals surface area (Å²) in [7, 11) is 0. The molecule has 0 radical (unpaired) electrons. The number of nitrogens with one attached hydrogen (secondary N) is 2. The van der Waals surface area contributed by atoms with Crippen LogP contribution in [0.3, 0.4) is 0 Å².